The molecule has 3 heteroatoms. The van der Waals surface area contributed by atoms with E-state index in [1.165, 1.54) is 5.56 Å². The number of halogens is 1. The largest absolute Gasteiger partial charge is 0.497 e. The van der Waals surface area contributed by atoms with Crippen molar-refractivity contribution in [3.8, 4) is 11.5 Å². The Morgan fingerprint density at radius 3 is 2.79 bits per heavy atom. The highest BCUT2D eigenvalue weighted by atomic mass is 79.9. The summed E-state index contributed by atoms with van der Waals surface area (Å²) in [5, 5.41) is 0. The number of hydrogen-bond donors (Lipinski definition) is 0. The maximum atomic E-state index is 6.10. The molecule has 0 spiro atoms. The maximum absolute atomic E-state index is 6.10. The van der Waals surface area contributed by atoms with Crippen LogP contribution in [0.2, 0.25) is 0 Å². The fourth-order valence-corrected chi connectivity index (χ4v) is 2.90. The second-order valence-corrected chi connectivity index (χ2v) is 5.70. The molecule has 0 amide bonds. The van der Waals surface area contributed by atoms with Gasteiger partial charge in [-0.05, 0) is 29.8 Å². The van der Waals surface area contributed by atoms with Gasteiger partial charge in [0.05, 0.1) is 7.11 Å². The number of rotatable bonds is 2. The van der Waals surface area contributed by atoms with Gasteiger partial charge in [-0.25, -0.2) is 0 Å². The van der Waals surface area contributed by atoms with Crippen molar-refractivity contribution in [2.75, 3.05) is 7.11 Å². The van der Waals surface area contributed by atoms with E-state index >= 15 is 0 Å². The first kappa shape index (κ1) is 12.5. The Kier molecular flexibility index (Phi) is 3.23. The number of methoxy groups -OCH3 is 1. The van der Waals surface area contributed by atoms with Gasteiger partial charge in [0.25, 0.3) is 0 Å². The van der Waals surface area contributed by atoms with Crippen molar-refractivity contribution in [1.82, 2.24) is 0 Å². The van der Waals surface area contributed by atoms with Crippen LogP contribution in [0, 0.1) is 0 Å². The summed E-state index contributed by atoms with van der Waals surface area (Å²) in [7, 11) is 1.68. The van der Waals surface area contributed by atoms with Crippen molar-refractivity contribution >= 4 is 15.9 Å². The fourth-order valence-electron chi connectivity index (χ4n) is 2.56. The lowest BCUT2D eigenvalue weighted by Gasteiger charge is -2.16. The monoisotopic (exact) mass is 318 g/mol. The molecule has 0 unspecified atom stereocenters. The molecule has 1 aliphatic heterocycles. The van der Waals surface area contributed by atoms with E-state index in [9.17, 15) is 0 Å². The molecule has 0 saturated heterocycles. The van der Waals surface area contributed by atoms with E-state index in [0.717, 1.165) is 21.5 Å². The van der Waals surface area contributed by atoms with Crippen LogP contribution in [0.4, 0.5) is 0 Å². The van der Waals surface area contributed by atoms with Crippen LogP contribution in [0.1, 0.15) is 30.1 Å². The second-order valence-electron chi connectivity index (χ2n) is 4.79. The molecule has 19 heavy (non-hydrogen) atoms. The van der Waals surface area contributed by atoms with Gasteiger partial charge in [0.1, 0.15) is 17.6 Å². The Morgan fingerprint density at radius 2 is 2.00 bits per heavy atom. The minimum absolute atomic E-state index is 0.0550. The molecule has 2 aromatic carbocycles. The third-order valence-corrected chi connectivity index (χ3v) is 4.09. The average Bonchev–Trinajstić information content (AvgIpc) is 2.75. The number of benzene rings is 2. The summed E-state index contributed by atoms with van der Waals surface area (Å²) >= 11 is 3.48. The van der Waals surface area contributed by atoms with Crippen molar-refractivity contribution in [3.63, 3.8) is 0 Å². The van der Waals surface area contributed by atoms with E-state index in [2.05, 4.69) is 41.1 Å². The van der Waals surface area contributed by atoms with Gasteiger partial charge in [-0.2, -0.15) is 0 Å². The lowest BCUT2D eigenvalue weighted by atomic mass is 9.93. The van der Waals surface area contributed by atoms with Crippen molar-refractivity contribution in [2.24, 2.45) is 0 Å². The smallest absolute Gasteiger partial charge is 0.131 e. The van der Waals surface area contributed by atoms with Gasteiger partial charge in [-0.15, -0.1) is 0 Å². The minimum atomic E-state index is 0.0550. The molecule has 0 radical (unpaired) electrons. The van der Waals surface area contributed by atoms with Gasteiger partial charge in [0.2, 0.25) is 0 Å². The van der Waals surface area contributed by atoms with Crippen molar-refractivity contribution in [1.29, 1.82) is 0 Å². The average molecular weight is 319 g/mol. The van der Waals surface area contributed by atoms with Crippen LogP contribution < -0.4 is 9.47 Å². The summed E-state index contributed by atoms with van der Waals surface area (Å²) in [6.45, 7) is 2.20. The standard InChI is InChI=1S/C16H15BrO2/c1-10-14-7-6-12(17)9-15(14)19-16(10)11-4-3-5-13(8-11)18-2/h3-10,16H,1-2H3/t10-,16-/m0/s1. The molecule has 0 aromatic heterocycles. The fraction of sp³-hybridized carbons (Fsp3) is 0.250. The van der Waals surface area contributed by atoms with E-state index in [0.29, 0.717) is 5.92 Å². The van der Waals surface area contributed by atoms with Crippen LogP contribution in [0.15, 0.2) is 46.9 Å². The number of ether oxygens (including phenoxy) is 2. The Balaban J connectivity index is 1.96. The zero-order valence-electron chi connectivity index (χ0n) is 10.9. The summed E-state index contributed by atoms with van der Waals surface area (Å²) in [6.07, 6.45) is 0.0550. The highest BCUT2D eigenvalue weighted by Gasteiger charge is 2.32. The predicted molar refractivity (Wildman–Crippen MR) is 78.9 cm³/mol. The first-order valence-electron chi connectivity index (χ1n) is 6.29. The lowest BCUT2D eigenvalue weighted by Crippen LogP contribution is -2.07. The highest BCUT2D eigenvalue weighted by molar-refractivity contribution is 9.10. The van der Waals surface area contributed by atoms with Crippen molar-refractivity contribution in [2.45, 2.75) is 18.9 Å². The summed E-state index contributed by atoms with van der Waals surface area (Å²) in [6, 6.07) is 14.3. The van der Waals surface area contributed by atoms with Crippen molar-refractivity contribution < 1.29 is 9.47 Å². The summed E-state index contributed by atoms with van der Waals surface area (Å²) in [4.78, 5) is 0. The molecular formula is C16H15BrO2. The zero-order valence-corrected chi connectivity index (χ0v) is 12.5. The normalized spacial score (nSPS) is 20.8. The van der Waals surface area contributed by atoms with E-state index in [1.54, 1.807) is 7.11 Å². The summed E-state index contributed by atoms with van der Waals surface area (Å²) in [5.74, 6) is 2.18. The van der Waals surface area contributed by atoms with Crippen LogP contribution in [0.25, 0.3) is 0 Å². The topological polar surface area (TPSA) is 18.5 Å². The quantitative estimate of drug-likeness (QED) is 0.799. The first-order valence-corrected chi connectivity index (χ1v) is 7.08. The minimum Gasteiger partial charge on any atom is -0.497 e. The Labute approximate surface area is 121 Å². The third kappa shape index (κ3) is 2.23. The Bertz CT molecular complexity index is 609. The van der Waals surface area contributed by atoms with E-state index in [-0.39, 0.29) is 6.10 Å². The summed E-state index contributed by atoms with van der Waals surface area (Å²) < 4.78 is 12.4. The molecule has 0 saturated carbocycles. The predicted octanol–water partition coefficient (Wildman–Crippen LogP) is 4.69. The molecule has 2 aromatic rings. The Morgan fingerprint density at radius 1 is 1.16 bits per heavy atom. The van der Waals surface area contributed by atoms with Crippen molar-refractivity contribution in [3.05, 3.63) is 58.1 Å². The Hall–Kier alpha value is -1.48. The summed E-state index contributed by atoms with van der Waals surface area (Å²) in [5.41, 5.74) is 2.41. The molecule has 0 fully saturated rings. The maximum Gasteiger partial charge on any atom is 0.131 e. The first-order chi connectivity index (χ1) is 9.19. The van der Waals surface area contributed by atoms with E-state index in [1.807, 2.05) is 24.3 Å². The number of fused-ring (bicyclic) bond motifs is 1. The van der Waals surface area contributed by atoms with Gasteiger partial charge >= 0.3 is 0 Å². The van der Waals surface area contributed by atoms with E-state index < -0.39 is 0 Å². The molecular weight excluding hydrogens is 304 g/mol. The molecule has 0 aliphatic carbocycles. The van der Waals surface area contributed by atoms with Crippen LogP contribution >= 0.6 is 15.9 Å². The number of hydrogen-bond acceptors (Lipinski definition) is 2. The second kappa shape index (κ2) is 4.89. The highest BCUT2D eigenvalue weighted by Crippen LogP contribution is 2.46. The van der Waals surface area contributed by atoms with E-state index in [4.69, 9.17) is 9.47 Å². The molecule has 1 aliphatic rings. The lowest BCUT2D eigenvalue weighted by molar-refractivity contribution is 0.215. The van der Waals surface area contributed by atoms with Gasteiger partial charge in [0, 0.05) is 16.0 Å². The van der Waals surface area contributed by atoms with Crippen LogP contribution in [-0.2, 0) is 0 Å². The van der Waals surface area contributed by atoms with Crippen LogP contribution in [0.5, 0.6) is 11.5 Å². The van der Waals surface area contributed by atoms with Gasteiger partial charge in [-0.3, -0.25) is 0 Å². The van der Waals surface area contributed by atoms with Gasteiger partial charge in [-0.1, -0.05) is 41.1 Å². The third-order valence-electron chi connectivity index (χ3n) is 3.60. The molecule has 0 bridgehead atoms. The molecule has 98 valence electrons. The van der Waals surface area contributed by atoms with Gasteiger partial charge < -0.3 is 9.47 Å². The SMILES string of the molecule is COc1cccc([C@H]2Oc3cc(Br)ccc3[C@@H]2C)c1. The molecule has 3 rings (SSSR count). The van der Waals surface area contributed by atoms with Crippen LogP contribution in [-0.4, -0.2) is 7.11 Å². The molecule has 2 atom stereocenters. The van der Waals surface area contributed by atoms with Gasteiger partial charge in [0.15, 0.2) is 0 Å². The molecule has 2 nitrogen and oxygen atoms in total. The molecule has 0 N–H and O–H groups in total. The van der Waals surface area contributed by atoms with Crippen LogP contribution in [0.3, 0.4) is 0 Å². The molecule has 1 heterocycles. The zero-order chi connectivity index (χ0) is 13.4.